The maximum Gasteiger partial charge on any atom is 0.414 e. The largest absolute Gasteiger partial charge is 0.473 e. The summed E-state index contributed by atoms with van der Waals surface area (Å²) in [4.78, 5) is 18.2. The van der Waals surface area contributed by atoms with E-state index in [1.54, 1.807) is 16.4 Å². The lowest BCUT2D eigenvalue weighted by atomic mass is 10.0. The summed E-state index contributed by atoms with van der Waals surface area (Å²) < 4.78 is 10.8. The third-order valence-electron chi connectivity index (χ3n) is 4.43. The molecular weight excluding hydrogens is 474 g/mol. The van der Waals surface area contributed by atoms with Gasteiger partial charge in [0.1, 0.15) is 10.7 Å². The molecule has 0 aromatic carbocycles. The molecule has 0 saturated heterocycles. The van der Waals surface area contributed by atoms with Crippen LogP contribution in [-0.4, -0.2) is 75.2 Å². The minimum absolute atomic E-state index is 0.369. The van der Waals surface area contributed by atoms with Crippen molar-refractivity contribution in [2.75, 3.05) is 18.1 Å². The molecular formula is C18H27N7O4S3. The van der Waals surface area contributed by atoms with Crippen molar-refractivity contribution in [3.8, 4) is 0 Å². The van der Waals surface area contributed by atoms with Crippen molar-refractivity contribution in [1.82, 2.24) is 34.3 Å². The van der Waals surface area contributed by atoms with E-state index in [4.69, 9.17) is 19.8 Å². The molecule has 0 radical (unpaired) electrons. The first-order valence-corrected chi connectivity index (χ1v) is 12.8. The smallest absolute Gasteiger partial charge is 0.414 e. The van der Waals surface area contributed by atoms with Gasteiger partial charge < -0.3 is 15.5 Å². The molecule has 3 rings (SSSR count). The van der Waals surface area contributed by atoms with Crippen molar-refractivity contribution in [1.29, 1.82) is 0 Å². The number of aliphatic carboxylic acids is 2. The second kappa shape index (κ2) is 14.2. The number of hydrogen-bond acceptors (Lipinski definition) is 11. The van der Waals surface area contributed by atoms with Crippen LogP contribution >= 0.6 is 35.3 Å². The Labute approximate surface area is 198 Å². The van der Waals surface area contributed by atoms with E-state index in [1.165, 1.54) is 43.0 Å². The molecule has 0 bridgehead atoms. The third-order valence-corrected chi connectivity index (χ3v) is 7.22. The quantitative estimate of drug-likeness (QED) is 0.248. The fourth-order valence-electron chi connectivity index (χ4n) is 2.80. The Kier molecular flexibility index (Phi) is 11.6. The van der Waals surface area contributed by atoms with Gasteiger partial charge in [-0.15, -0.1) is 16.9 Å². The van der Waals surface area contributed by atoms with Gasteiger partial charge in [0.05, 0.1) is 11.7 Å². The van der Waals surface area contributed by atoms with Gasteiger partial charge in [-0.3, -0.25) is 0 Å². The van der Waals surface area contributed by atoms with Crippen molar-refractivity contribution in [2.24, 2.45) is 7.05 Å². The van der Waals surface area contributed by atoms with Crippen LogP contribution in [0.25, 0.3) is 5.57 Å². The van der Waals surface area contributed by atoms with Crippen LogP contribution in [-0.2, 0) is 16.6 Å². The van der Waals surface area contributed by atoms with Crippen LogP contribution in [0.2, 0.25) is 0 Å². The van der Waals surface area contributed by atoms with Crippen LogP contribution in [0.5, 0.6) is 0 Å². The molecule has 0 amide bonds. The van der Waals surface area contributed by atoms with Crippen LogP contribution in [0.15, 0.2) is 16.3 Å². The number of carbonyl (C=O) groups is 2. The summed E-state index contributed by atoms with van der Waals surface area (Å²) in [7, 11) is 1.88. The molecule has 3 N–H and O–H groups in total. The highest BCUT2D eigenvalue weighted by Crippen LogP contribution is 2.30. The van der Waals surface area contributed by atoms with Gasteiger partial charge in [0, 0.05) is 18.8 Å². The Balaban J connectivity index is 0.000000534. The molecule has 2 aromatic heterocycles. The van der Waals surface area contributed by atoms with Crippen molar-refractivity contribution < 1.29 is 19.8 Å². The monoisotopic (exact) mass is 501 g/mol. The molecule has 11 nitrogen and oxygen atoms in total. The number of aryl methyl sites for hydroxylation is 1. The number of aromatic nitrogens is 6. The zero-order chi connectivity index (χ0) is 23.3. The first-order chi connectivity index (χ1) is 15.4. The van der Waals surface area contributed by atoms with Gasteiger partial charge in [-0.25, -0.2) is 14.3 Å². The number of carboxylic acid groups (broad SMARTS) is 2. The Bertz CT molecular complexity index is 891. The Morgan fingerprint density at radius 1 is 1.16 bits per heavy atom. The number of unbranched alkanes of at least 4 members (excludes halogenated alkanes) is 3. The maximum absolute atomic E-state index is 9.10. The zero-order valence-electron chi connectivity index (χ0n) is 17.9. The van der Waals surface area contributed by atoms with Crippen molar-refractivity contribution >= 4 is 52.8 Å². The van der Waals surface area contributed by atoms with E-state index in [9.17, 15) is 0 Å². The van der Waals surface area contributed by atoms with Crippen molar-refractivity contribution in [3.63, 3.8) is 0 Å². The topological polar surface area (TPSA) is 156 Å². The molecule has 0 fully saturated rings. The summed E-state index contributed by atoms with van der Waals surface area (Å²) in [5.74, 6) is -1.47. The lowest BCUT2D eigenvalue weighted by Gasteiger charge is -2.21. The lowest BCUT2D eigenvalue weighted by Crippen LogP contribution is -2.31. The number of thioether (sulfide) groups is 2. The van der Waals surface area contributed by atoms with E-state index in [1.807, 2.05) is 18.8 Å². The van der Waals surface area contributed by atoms with Crippen LogP contribution in [0.3, 0.4) is 0 Å². The molecule has 1 aliphatic heterocycles. The summed E-state index contributed by atoms with van der Waals surface area (Å²) >= 11 is 4.90. The third kappa shape index (κ3) is 8.84. The standard InChI is InChI=1S/C16H25N7S3.C2H2O4/c1-12-13(8-7-9-17-12)14-15(20-26-19-14)24-10-5-3-4-6-11-25-16-18-21-22-23(16)2;3-1(4)2(5)6/h8,12,17H,3-7,9-11H2,1-2H3;(H,3,4)(H,5,6). The number of carboxylic acids is 2. The van der Waals surface area contributed by atoms with Gasteiger partial charge in [-0.2, -0.15) is 8.75 Å². The summed E-state index contributed by atoms with van der Waals surface area (Å²) in [6.45, 7) is 3.25. The molecule has 0 saturated carbocycles. The highest BCUT2D eigenvalue weighted by Gasteiger charge is 2.20. The Hall–Kier alpha value is -2.03. The van der Waals surface area contributed by atoms with E-state index < -0.39 is 11.9 Å². The molecule has 1 atom stereocenters. The van der Waals surface area contributed by atoms with Gasteiger partial charge in [0.15, 0.2) is 0 Å². The number of tetrazole rings is 1. The average Bonchev–Trinajstić information content (AvgIpc) is 3.39. The predicted octanol–water partition coefficient (Wildman–Crippen LogP) is 2.43. The number of nitrogens with one attached hydrogen (secondary N) is 1. The minimum atomic E-state index is -1.82. The van der Waals surface area contributed by atoms with E-state index in [-0.39, 0.29) is 0 Å². The molecule has 2 aromatic rings. The van der Waals surface area contributed by atoms with Crippen molar-refractivity contribution in [3.05, 3.63) is 11.8 Å². The Morgan fingerprint density at radius 2 is 1.84 bits per heavy atom. The molecule has 1 unspecified atom stereocenters. The van der Waals surface area contributed by atoms with Gasteiger partial charge >= 0.3 is 11.9 Å². The van der Waals surface area contributed by atoms with Gasteiger partial charge in [0.25, 0.3) is 0 Å². The van der Waals surface area contributed by atoms with E-state index >= 15 is 0 Å². The van der Waals surface area contributed by atoms with Crippen LogP contribution in [0.1, 0.15) is 44.7 Å². The molecule has 0 aliphatic carbocycles. The van der Waals surface area contributed by atoms with Gasteiger partial charge in [-0.05, 0) is 54.5 Å². The number of rotatable bonds is 10. The zero-order valence-corrected chi connectivity index (χ0v) is 20.4. The summed E-state index contributed by atoms with van der Waals surface area (Å²) in [6, 6.07) is 0.369. The van der Waals surface area contributed by atoms with Crippen LogP contribution in [0, 0.1) is 0 Å². The lowest BCUT2D eigenvalue weighted by molar-refractivity contribution is -0.159. The van der Waals surface area contributed by atoms with Gasteiger partial charge in [-0.1, -0.05) is 30.7 Å². The van der Waals surface area contributed by atoms with Crippen molar-refractivity contribution in [2.45, 2.75) is 55.3 Å². The van der Waals surface area contributed by atoms with E-state index in [0.29, 0.717) is 6.04 Å². The first kappa shape index (κ1) is 26.2. The average molecular weight is 502 g/mol. The summed E-state index contributed by atoms with van der Waals surface area (Å²) in [5, 5.41) is 31.8. The highest BCUT2D eigenvalue weighted by molar-refractivity contribution is 7.99. The molecule has 0 spiro atoms. The van der Waals surface area contributed by atoms with E-state index in [0.717, 1.165) is 40.3 Å². The van der Waals surface area contributed by atoms with E-state index in [2.05, 4.69) is 42.6 Å². The molecule has 176 valence electrons. The normalized spacial score (nSPS) is 15.6. The molecule has 1 aliphatic rings. The Morgan fingerprint density at radius 3 is 2.44 bits per heavy atom. The number of hydrogen-bond donors (Lipinski definition) is 3. The summed E-state index contributed by atoms with van der Waals surface area (Å²) in [6.07, 6.45) is 8.29. The maximum atomic E-state index is 9.10. The minimum Gasteiger partial charge on any atom is -0.473 e. The molecule has 3 heterocycles. The van der Waals surface area contributed by atoms with Crippen LogP contribution < -0.4 is 5.32 Å². The SMILES string of the molecule is CC1NCCC=C1c1nsnc1SCCCCCCSc1nnnn1C.O=C(O)C(=O)O. The predicted molar refractivity (Wildman–Crippen MR) is 124 cm³/mol. The second-order valence-corrected chi connectivity index (χ2v) is 9.52. The fraction of sp³-hybridized carbons (Fsp3) is 0.611. The molecule has 14 heteroatoms. The first-order valence-electron chi connectivity index (χ1n) is 10.1. The highest BCUT2D eigenvalue weighted by atomic mass is 32.2. The number of nitrogens with zero attached hydrogens (tertiary/aromatic N) is 6. The fourth-order valence-corrected chi connectivity index (χ4v) is 5.34. The van der Waals surface area contributed by atoms with Crippen LogP contribution in [0.4, 0.5) is 0 Å². The molecule has 32 heavy (non-hydrogen) atoms. The second-order valence-electron chi connectivity index (χ2n) is 6.85. The van der Waals surface area contributed by atoms with Gasteiger partial charge in [0.2, 0.25) is 5.16 Å². The summed E-state index contributed by atoms with van der Waals surface area (Å²) in [5.41, 5.74) is 2.40.